The van der Waals surface area contributed by atoms with E-state index in [1.807, 2.05) is 12.1 Å². The summed E-state index contributed by atoms with van der Waals surface area (Å²) in [6.07, 6.45) is 2.80. The summed E-state index contributed by atoms with van der Waals surface area (Å²) in [5, 5.41) is 0. The quantitative estimate of drug-likeness (QED) is 0.835. The zero-order valence-corrected chi connectivity index (χ0v) is 14.1. The Morgan fingerprint density at radius 3 is 3.00 bits per heavy atom. The van der Waals surface area contributed by atoms with Gasteiger partial charge in [0.25, 0.3) is 0 Å². The summed E-state index contributed by atoms with van der Waals surface area (Å²) in [4.78, 5) is 2.51. The van der Waals surface area contributed by atoms with Crippen LogP contribution in [0.15, 0.2) is 23.1 Å². The van der Waals surface area contributed by atoms with Crippen molar-refractivity contribution in [3.05, 3.63) is 18.2 Å². The average molecular weight is 338 g/mol. The predicted octanol–water partition coefficient (Wildman–Crippen LogP) is 1.46. The summed E-state index contributed by atoms with van der Waals surface area (Å²) in [7, 11) is -1.82. The van der Waals surface area contributed by atoms with Crippen molar-refractivity contribution in [1.82, 2.24) is 4.31 Å². The van der Waals surface area contributed by atoms with Crippen LogP contribution in [-0.4, -0.2) is 58.2 Å². The second kappa shape index (κ2) is 5.65. The Labute approximate surface area is 137 Å². The molecule has 2 fully saturated rings. The number of benzene rings is 1. The molecule has 7 heteroatoms. The van der Waals surface area contributed by atoms with Crippen molar-refractivity contribution in [3.63, 3.8) is 0 Å². The molecular formula is C16H22N2O4S. The van der Waals surface area contributed by atoms with Gasteiger partial charge in [0.05, 0.1) is 24.9 Å². The Kier molecular flexibility index (Phi) is 3.74. The molecule has 0 amide bonds. The van der Waals surface area contributed by atoms with E-state index in [1.54, 1.807) is 17.5 Å². The molecule has 0 radical (unpaired) electrons. The molecule has 3 aliphatic rings. The van der Waals surface area contributed by atoms with Gasteiger partial charge in [-0.15, -0.1) is 0 Å². The molecule has 3 aliphatic heterocycles. The summed E-state index contributed by atoms with van der Waals surface area (Å²) in [5.74, 6) is 0.498. The maximum absolute atomic E-state index is 13.1. The zero-order valence-electron chi connectivity index (χ0n) is 13.3. The predicted molar refractivity (Wildman–Crippen MR) is 86.5 cm³/mol. The van der Waals surface area contributed by atoms with Crippen molar-refractivity contribution in [3.8, 4) is 5.75 Å². The molecule has 126 valence electrons. The van der Waals surface area contributed by atoms with Crippen LogP contribution >= 0.6 is 0 Å². The Balaban J connectivity index is 1.83. The highest BCUT2D eigenvalue weighted by Gasteiger charge is 2.42. The van der Waals surface area contributed by atoms with Crippen LogP contribution in [0.5, 0.6) is 5.75 Å². The molecule has 0 aromatic heterocycles. The van der Waals surface area contributed by atoms with Crippen LogP contribution in [0.3, 0.4) is 0 Å². The summed E-state index contributed by atoms with van der Waals surface area (Å²) in [6.45, 7) is 2.46. The molecule has 1 unspecified atom stereocenters. The van der Waals surface area contributed by atoms with Crippen LogP contribution < -0.4 is 9.64 Å². The van der Waals surface area contributed by atoms with Crippen molar-refractivity contribution in [2.75, 3.05) is 38.3 Å². The minimum atomic E-state index is -3.51. The molecule has 4 rings (SSSR count). The highest BCUT2D eigenvalue weighted by Crippen LogP contribution is 2.42. The van der Waals surface area contributed by atoms with Crippen LogP contribution in [-0.2, 0) is 14.8 Å². The third kappa shape index (κ3) is 2.42. The molecule has 0 spiro atoms. The van der Waals surface area contributed by atoms with Crippen LogP contribution in [0.2, 0.25) is 0 Å². The van der Waals surface area contributed by atoms with Gasteiger partial charge < -0.3 is 14.4 Å². The lowest BCUT2D eigenvalue weighted by Gasteiger charge is -2.29. The second-order valence-electron chi connectivity index (χ2n) is 6.44. The van der Waals surface area contributed by atoms with Crippen molar-refractivity contribution < 1.29 is 17.9 Å². The first kappa shape index (κ1) is 15.2. The smallest absolute Gasteiger partial charge is 0.248 e. The van der Waals surface area contributed by atoms with E-state index in [2.05, 4.69) is 4.90 Å². The Bertz CT molecular complexity index is 706. The number of sulfonamides is 1. The van der Waals surface area contributed by atoms with Gasteiger partial charge in [0.15, 0.2) is 0 Å². The maximum Gasteiger partial charge on any atom is 0.248 e. The van der Waals surface area contributed by atoms with Gasteiger partial charge in [-0.25, -0.2) is 8.42 Å². The fourth-order valence-corrected chi connectivity index (χ4v) is 5.71. The van der Waals surface area contributed by atoms with Crippen LogP contribution in [0.25, 0.3) is 0 Å². The van der Waals surface area contributed by atoms with Crippen molar-refractivity contribution in [1.29, 1.82) is 0 Å². The number of hydrogen-bond acceptors (Lipinski definition) is 5. The highest BCUT2D eigenvalue weighted by atomic mass is 32.2. The van der Waals surface area contributed by atoms with Crippen molar-refractivity contribution in [2.45, 2.75) is 36.3 Å². The fraction of sp³-hybridized carbons (Fsp3) is 0.625. The van der Waals surface area contributed by atoms with Gasteiger partial charge in [-0.2, -0.15) is 4.31 Å². The second-order valence-corrected chi connectivity index (χ2v) is 8.32. The standard InChI is InChI=1S/C16H22N2O4S/c1-21-11-12-4-3-8-18(12)14-5-2-6-15-16(14)23(19,20)17-9-7-13(10-17)22-15/h2,5-6,12-13H,3-4,7-11H2,1H3/t12-,13-/m1/s1. The van der Waals surface area contributed by atoms with E-state index in [-0.39, 0.29) is 12.1 Å². The van der Waals surface area contributed by atoms with E-state index in [0.29, 0.717) is 30.3 Å². The molecule has 2 saturated heterocycles. The summed E-state index contributed by atoms with van der Waals surface area (Å²) < 4.78 is 39.1. The first-order chi connectivity index (χ1) is 11.1. The zero-order chi connectivity index (χ0) is 16.0. The molecule has 3 heterocycles. The molecule has 6 nitrogen and oxygen atoms in total. The number of ether oxygens (including phenoxy) is 2. The van der Waals surface area contributed by atoms with Crippen molar-refractivity contribution >= 4 is 15.7 Å². The van der Waals surface area contributed by atoms with Crippen molar-refractivity contribution in [2.24, 2.45) is 0 Å². The van der Waals surface area contributed by atoms with Gasteiger partial charge in [-0.1, -0.05) is 6.07 Å². The largest absolute Gasteiger partial charge is 0.487 e. The van der Waals surface area contributed by atoms with Gasteiger partial charge in [-0.05, 0) is 31.4 Å². The van der Waals surface area contributed by atoms with Gasteiger partial charge in [0, 0.05) is 20.2 Å². The van der Waals surface area contributed by atoms with E-state index in [1.165, 1.54) is 0 Å². The Morgan fingerprint density at radius 2 is 2.17 bits per heavy atom. The van der Waals surface area contributed by atoms with Crippen LogP contribution in [0.4, 0.5) is 5.69 Å². The Hall–Kier alpha value is -1.31. The van der Waals surface area contributed by atoms with E-state index in [4.69, 9.17) is 9.47 Å². The van der Waals surface area contributed by atoms with Gasteiger partial charge in [0.1, 0.15) is 16.7 Å². The van der Waals surface area contributed by atoms with Gasteiger partial charge in [0.2, 0.25) is 10.0 Å². The normalized spacial score (nSPS) is 31.5. The highest BCUT2D eigenvalue weighted by molar-refractivity contribution is 7.89. The number of nitrogens with zero attached hydrogens (tertiary/aromatic N) is 2. The average Bonchev–Trinajstić information content (AvgIpc) is 3.14. The lowest BCUT2D eigenvalue weighted by molar-refractivity contribution is 0.180. The van der Waals surface area contributed by atoms with E-state index in [0.717, 1.165) is 31.5 Å². The third-order valence-electron chi connectivity index (χ3n) is 5.00. The van der Waals surface area contributed by atoms with Gasteiger partial charge in [-0.3, -0.25) is 0 Å². The summed E-state index contributed by atoms with van der Waals surface area (Å²) >= 11 is 0. The minimum absolute atomic E-state index is 0.0328. The number of hydrogen-bond donors (Lipinski definition) is 0. The molecule has 2 bridgehead atoms. The number of methoxy groups -OCH3 is 1. The maximum atomic E-state index is 13.1. The molecular weight excluding hydrogens is 316 g/mol. The SMILES string of the molecule is COC[C@H]1CCCN1c1cccc2c1S(=O)(=O)N1CC[C@H](C1)O2. The van der Waals surface area contributed by atoms with Crippen LogP contribution in [0, 0.1) is 0 Å². The number of anilines is 1. The van der Waals surface area contributed by atoms with Crippen LogP contribution in [0.1, 0.15) is 19.3 Å². The summed E-state index contributed by atoms with van der Waals surface area (Å²) in [5.41, 5.74) is 0.759. The topological polar surface area (TPSA) is 59.1 Å². The molecule has 0 N–H and O–H groups in total. The van der Waals surface area contributed by atoms with E-state index >= 15 is 0 Å². The monoisotopic (exact) mass is 338 g/mol. The number of rotatable bonds is 3. The van der Waals surface area contributed by atoms with E-state index < -0.39 is 10.0 Å². The number of fused-ring (bicyclic) bond motifs is 3. The fourth-order valence-electron chi connectivity index (χ4n) is 3.92. The molecule has 0 aliphatic carbocycles. The molecule has 0 saturated carbocycles. The molecule has 1 aromatic carbocycles. The third-order valence-corrected chi connectivity index (χ3v) is 6.94. The lowest BCUT2D eigenvalue weighted by Crippen LogP contribution is -2.35. The molecule has 1 aromatic rings. The Morgan fingerprint density at radius 1 is 1.30 bits per heavy atom. The molecule has 23 heavy (non-hydrogen) atoms. The first-order valence-electron chi connectivity index (χ1n) is 8.16. The minimum Gasteiger partial charge on any atom is -0.487 e. The van der Waals surface area contributed by atoms with E-state index in [9.17, 15) is 8.42 Å². The first-order valence-corrected chi connectivity index (χ1v) is 9.60. The lowest BCUT2D eigenvalue weighted by atomic mass is 10.2. The van der Waals surface area contributed by atoms with Gasteiger partial charge >= 0.3 is 0 Å². The summed E-state index contributed by atoms with van der Waals surface area (Å²) in [6, 6.07) is 5.78. The molecule has 3 atom stereocenters.